The van der Waals surface area contributed by atoms with Crippen molar-refractivity contribution in [1.82, 2.24) is 24.4 Å². The van der Waals surface area contributed by atoms with E-state index in [1.165, 1.54) is 11.9 Å². The molecular formula is C27H33FN8OS. The molecule has 0 bridgehead atoms. The van der Waals surface area contributed by atoms with Gasteiger partial charge in [0.2, 0.25) is 5.95 Å². The number of rotatable bonds is 7. The maximum Gasteiger partial charge on any atom is 0.229 e. The average Bonchev–Trinajstić information content (AvgIpc) is 3.68. The number of aromatic nitrogens is 4. The number of anilines is 4. The van der Waals surface area contributed by atoms with Crippen molar-refractivity contribution in [2.75, 3.05) is 60.7 Å². The van der Waals surface area contributed by atoms with Gasteiger partial charge in [-0.05, 0) is 66.4 Å². The van der Waals surface area contributed by atoms with Crippen molar-refractivity contribution in [1.29, 1.82) is 0 Å². The summed E-state index contributed by atoms with van der Waals surface area (Å²) in [5.41, 5.74) is 3.07. The van der Waals surface area contributed by atoms with Gasteiger partial charge in [-0.2, -0.15) is 4.98 Å². The first-order chi connectivity index (χ1) is 18.2. The van der Waals surface area contributed by atoms with E-state index in [4.69, 9.17) is 4.98 Å². The van der Waals surface area contributed by atoms with Crippen LogP contribution in [0.3, 0.4) is 0 Å². The zero-order valence-corrected chi connectivity index (χ0v) is 22.7. The van der Waals surface area contributed by atoms with Crippen LogP contribution in [0.25, 0.3) is 16.9 Å². The predicted octanol–water partition coefficient (Wildman–Crippen LogP) is 3.93. The van der Waals surface area contributed by atoms with Crippen molar-refractivity contribution in [2.45, 2.75) is 18.8 Å². The Balaban J connectivity index is 1.33. The van der Waals surface area contributed by atoms with Crippen molar-refractivity contribution in [2.24, 2.45) is 0 Å². The quantitative estimate of drug-likeness (QED) is 0.308. The Morgan fingerprint density at radius 3 is 2.42 bits per heavy atom. The molecular weight excluding hydrogens is 503 g/mol. The molecule has 1 aliphatic heterocycles. The number of hydrogen-bond donors (Lipinski definition) is 3. The highest BCUT2D eigenvalue weighted by Gasteiger charge is 2.34. The van der Waals surface area contributed by atoms with Crippen molar-refractivity contribution in [3.05, 3.63) is 60.2 Å². The lowest BCUT2D eigenvalue weighted by Gasteiger charge is -2.34. The van der Waals surface area contributed by atoms with Gasteiger partial charge in [0.1, 0.15) is 11.6 Å². The zero-order valence-electron chi connectivity index (χ0n) is 21.9. The molecule has 38 heavy (non-hydrogen) atoms. The maximum atomic E-state index is 15.6. The minimum absolute atomic E-state index is 0.115. The molecule has 1 aliphatic carbocycles. The highest BCUT2D eigenvalue weighted by atomic mass is 32.3. The molecule has 4 aromatic rings. The second kappa shape index (κ2) is 9.63. The Morgan fingerprint density at radius 2 is 1.74 bits per heavy atom. The third-order valence-electron chi connectivity index (χ3n) is 6.99. The Kier molecular flexibility index (Phi) is 6.27. The first kappa shape index (κ1) is 24.7. The molecule has 1 saturated carbocycles. The van der Waals surface area contributed by atoms with Crippen LogP contribution in [0.4, 0.5) is 27.5 Å². The molecule has 1 saturated heterocycles. The SMILES string of the molecule is CN1CCN(c2ccc(Nc3ncc4c(F)c(C5CC5)n(-c5cccc(N[SH](C)(C)=O)n5)c4n3)cc2)CC1. The molecule has 3 aromatic heterocycles. The fourth-order valence-electron chi connectivity index (χ4n) is 4.89. The summed E-state index contributed by atoms with van der Waals surface area (Å²) < 4.78 is 32.7. The molecule has 2 N–H and O–H groups in total. The molecule has 1 aromatic carbocycles. The number of nitrogens with one attached hydrogen (secondary N) is 2. The van der Waals surface area contributed by atoms with Crippen LogP contribution in [0.15, 0.2) is 48.7 Å². The van der Waals surface area contributed by atoms with Crippen LogP contribution < -0.4 is 14.9 Å². The lowest BCUT2D eigenvalue weighted by molar-refractivity contribution is 0.313. The van der Waals surface area contributed by atoms with Gasteiger partial charge in [0.05, 0.1) is 11.1 Å². The maximum absolute atomic E-state index is 15.6. The molecule has 0 atom stereocenters. The molecule has 6 rings (SSSR count). The minimum Gasteiger partial charge on any atom is -0.369 e. The lowest BCUT2D eigenvalue weighted by Crippen LogP contribution is -2.44. The van der Waals surface area contributed by atoms with Gasteiger partial charge in [-0.25, -0.2) is 14.4 Å². The molecule has 0 radical (unpaired) electrons. The summed E-state index contributed by atoms with van der Waals surface area (Å²) in [6.45, 7) is 4.12. The Hall–Kier alpha value is -3.57. The van der Waals surface area contributed by atoms with Crippen LogP contribution in [0, 0.1) is 5.82 Å². The molecule has 200 valence electrons. The van der Waals surface area contributed by atoms with E-state index in [2.05, 4.69) is 49.0 Å². The van der Waals surface area contributed by atoms with Crippen LogP contribution >= 0.6 is 0 Å². The van der Waals surface area contributed by atoms with Crippen molar-refractivity contribution in [3.63, 3.8) is 0 Å². The summed E-state index contributed by atoms with van der Waals surface area (Å²) in [6.07, 6.45) is 6.66. The highest BCUT2D eigenvalue weighted by molar-refractivity contribution is 8.02. The van der Waals surface area contributed by atoms with Crippen LogP contribution in [0.5, 0.6) is 0 Å². The largest absolute Gasteiger partial charge is 0.369 e. The summed E-state index contributed by atoms with van der Waals surface area (Å²) in [5, 5.41) is 3.63. The number of nitrogens with zero attached hydrogens (tertiary/aromatic N) is 6. The summed E-state index contributed by atoms with van der Waals surface area (Å²) in [7, 11) is -0.411. The van der Waals surface area contributed by atoms with E-state index in [9.17, 15) is 4.21 Å². The lowest BCUT2D eigenvalue weighted by atomic mass is 10.2. The van der Waals surface area contributed by atoms with Crippen LogP contribution in [0.2, 0.25) is 0 Å². The van der Waals surface area contributed by atoms with Gasteiger partial charge >= 0.3 is 0 Å². The van der Waals surface area contributed by atoms with Crippen LogP contribution in [0.1, 0.15) is 24.5 Å². The number of pyridine rings is 1. The van der Waals surface area contributed by atoms with Crippen LogP contribution in [-0.2, 0) is 10.1 Å². The number of fused-ring (bicyclic) bond motifs is 1. The highest BCUT2D eigenvalue weighted by Crippen LogP contribution is 2.45. The fraction of sp³-hybridized carbons (Fsp3) is 0.370. The topological polar surface area (TPSA) is 91.2 Å². The molecule has 9 nitrogen and oxygen atoms in total. The van der Waals surface area contributed by atoms with Gasteiger partial charge in [-0.1, -0.05) is 6.07 Å². The smallest absolute Gasteiger partial charge is 0.229 e. The first-order valence-corrected chi connectivity index (χ1v) is 15.5. The Bertz CT molecular complexity index is 1520. The van der Waals surface area contributed by atoms with Gasteiger partial charge < -0.3 is 19.8 Å². The van der Waals surface area contributed by atoms with E-state index in [0.29, 0.717) is 34.3 Å². The van der Waals surface area contributed by atoms with E-state index < -0.39 is 10.1 Å². The molecule has 11 heteroatoms. The number of halogens is 1. The van der Waals surface area contributed by atoms with Crippen molar-refractivity contribution in [3.8, 4) is 5.82 Å². The normalized spacial score (nSPS) is 17.1. The number of likely N-dealkylation sites (N-methyl/N-ethyl adjacent to an activating group) is 1. The second-order valence-electron chi connectivity index (χ2n) is 10.5. The summed E-state index contributed by atoms with van der Waals surface area (Å²) in [5.74, 6) is 1.20. The summed E-state index contributed by atoms with van der Waals surface area (Å²) in [4.78, 5) is 18.5. The second-order valence-corrected chi connectivity index (χ2v) is 13.5. The number of piperazine rings is 1. The van der Waals surface area contributed by atoms with Crippen molar-refractivity contribution >= 4 is 44.3 Å². The Labute approximate surface area is 222 Å². The number of thiol groups is 1. The van der Waals surface area contributed by atoms with E-state index in [-0.39, 0.29) is 11.7 Å². The third-order valence-corrected chi connectivity index (χ3v) is 7.75. The molecule has 0 amide bonds. The number of benzene rings is 1. The van der Waals surface area contributed by atoms with E-state index in [0.717, 1.165) is 44.7 Å². The van der Waals surface area contributed by atoms with E-state index in [1.807, 2.05) is 24.3 Å². The first-order valence-electron chi connectivity index (χ1n) is 12.9. The number of hydrogen-bond acceptors (Lipinski definition) is 7. The predicted molar refractivity (Wildman–Crippen MR) is 153 cm³/mol. The van der Waals surface area contributed by atoms with Gasteiger partial charge in [-0.15, -0.1) is 0 Å². The van der Waals surface area contributed by atoms with Gasteiger partial charge in [0.15, 0.2) is 11.5 Å². The minimum atomic E-state index is -2.56. The summed E-state index contributed by atoms with van der Waals surface area (Å²) >= 11 is 0. The standard InChI is InChI=1S/C27H33FN8OS/c1-34-13-15-35(16-14-34)20-11-9-19(10-12-20)30-27-29-17-21-24(28)25(18-7-8-18)36(26(21)32-27)23-6-4-5-22(31-23)33-38(2,3)37/h4-6,9-12,17-18,38H,7-8,13-16H2,1-3H3,(H,29,30,32)(H,31,33,37). The molecule has 2 aliphatic rings. The fourth-order valence-corrected chi connectivity index (χ4v) is 5.57. The molecule has 0 unspecified atom stereocenters. The van der Waals surface area contributed by atoms with Gasteiger partial charge in [0.25, 0.3) is 0 Å². The average molecular weight is 537 g/mol. The molecule has 2 fully saturated rings. The molecule has 4 heterocycles. The monoisotopic (exact) mass is 536 g/mol. The van der Waals surface area contributed by atoms with E-state index in [1.54, 1.807) is 23.1 Å². The molecule has 0 spiro atoms. The third kappa shape index (κ3) is 5.08. The van der Waals surface area contributed by atoms with Gasteiger partial charge in [-0.3, -0.25) is 8.78 Å². The van der Waals surface area contributed by atoms with Crippen LogP contribution in [-0.4, -0.2) is 74.4 Å². The van der Waals surface area contributed by atoms with Gasteiger partial charge in [0, 0.05) is 62.2 Å². The summed E-state index contributed by atoms with van der Waals surface area (Å²) in [6, 6.07) is 13.6. The Morgan fingerprint density at radius 1 is 1.00 bits per heavy atom. The zero-order chi connectivity index (χ0) is 26.4. The van der Waals surface area contributed by atoms with Crippen molar-refractivity contribution < 1.29 is 8.60 Å². The van der Waals surface area contributed by atoms with E-state index >= 15 is 4.39 Å².